The largest absolute Gasteiger partial charge is 0.481 e. The van der Waals surface area contributed by atoms with Crippen molar-refractivity contribution in [2.24, 2.45) is 0 Å². The zero-order valence-electron chi connectivity index (χ0n) is 17.3. The summed E-state index contributed by atoms with van der Waals surface area (Å²) >= 11 is 0. The quantitative estimate of drug-likeness (QED) is 0.459. The van der Waals surface area contributed by atoms with E-state index in [0.717, 1.165) is 12.0 Å². The number of carboxylic acids is 1. The van der Waals surface area contributed by atoms with Crippen LogP contribution in [0.5, 0.6) is 0 Å². The molecule has 6 nitrogen and oxygen atoms in total. The Morgan fingerprint density at radius 1 is 1.19 bits per heavy atom. The summed E-state index contributed by atoms with van der Waals surface area (Å²) in [5.41, 5.74) is 0.864. The van der Waals surface area contributed by atoms with E-state index in [1.165, 1.54) is 5.06 Å². The number of hydrogen-bond donors (Lipinski definition) is 1. The van der Waals surface area contributed by atoms with Gasteiger partial charge in [-0.15, -0.1) is 0 Å². The van der Waals surface area contributed by atoms with E-state index in [0.29, 0.717) is 6.42 Å². The molecule has 0 fully saturated rings. The molecule has 0 aliphatic rings. The molecule has 0 saturated carbocycles. The average Bonchev–Trinajstić information content (AvgIpc) is 2.57. The first-order chi connectivity index (χ1) is 12.5. The van der Waals surface area contributed by atoms with Crippen molar-refractivity contribution in [2.45, 2.75) is 77.7 Å². The van der Waals surface area contributed by atoms with Crippen molar-refractivity contribution in [2.75, 3.05) is 0 Å². The molecule has 1 amide bonds. The van der Waals surface area contributed by atoms with Crippen molar-refractivity contribution in [3.63, 3.8) is 0 Å². The van der Waals surface area contributed by atoms with Gasteiger partial charge < -0.3 is 14.4 Å². The molecule has 0 unspecified atom stereocenters. The Morgan fingerprint density at radius 3 is 2.26 bits per heavy atom. The highest BCUT2D eigenvalue weighted by Crippen LogP contribution is 2.38. The van der Waals surface area contributed by atoms with Gasteiger partial charge in [0.2, 0.25) is 8.32 Å². The molecule has 0 spiro atoms. The van der Waals surface area contributed by atoms with Crippen LogP contribution in [0.15, 0.2) is 30.3 Å². The second-order valence-corrected chi connectivity index (χ2v) is 13.0. The zero-order chi connectivity index (χ0) is 20.7. The van der Waals surface area contributed by atoms with Crippen LogP contribution in [0.25, 0.3) is 0 Å². The minimum Gasteiger partial charge on any atom is -0.481 e. The van der Waals surface area contributed by atoms with E-state index in [2.05, 4.69) is 20.8 Å². The molecular formula is C20H33NO5Si. The predicted molar refractivity (Wildman–Crippen MR) is 108 cm³/mol. The van der Waals surface area contributed by atoms with Crippen molar-refractivity contribution >= 4 is 20.4 Å². The van der Waals surface area contributed by atoms with Gasteiger partial charge in [-0.2, -0.15) is 5.06 Å². The third kappa shape index (κ3) is 7.34. The third-order valence-electron chi connectivity index (χ3n) is 4.88. The number of hydroxylamine groups is 2. The molecule has 0 heterocycles. The van der Waals surface area contributed by atoms with Crippen LogP contribution < -0.4 is 0 Å². The van der Waals surface area contributed by atoms with Crippen molar-refractivity contribution in [1.82, 2.24) is 5.06 Å². The van der Waals surface area contributed by atoms with Crippen molar-refractivity contribution in [3.05, 3.63) is 35.9 Å². The summed E-state index contributed by atoms with van der Waals surface area (Å²) in [6.45, 7) is 12.3. The molecule has 0 aliphatic heterocycles. The summed E-state index contributed by atoms with van der Waals surface area (Å²) < 4.78 is 11.7. The topological polar surface area (TPSA) is 76.1 Å². The summed E-state index contributed by atoms with van der Waals surface area (Å²) in [5, 5.41) is 10.3. The number of aliphatic carboxylic acids is 1. The fraction of sp³-hybridized carbons (Fsp3) is 0.600. The normalized spacial score (nSPS) is 13.1. The summed E-state index contributed by atoms with van der Waals surface area (Å²) in [6.07, 6.45) is 0.453. The van der Waals surface area contributed by atoms with Crippen molar-refractivity contribution in [1.29, 1.82) is 0 Å². The van der Waals surface area contributed by atoms with Crippen LogP contribution in [-0.2, 0) is 20.7 Å². The Kier molecular flexibility index (Phi) is 8.49. The van der Waals surface area contributed by atoms with Crippen LogP contribution >= 0.6 is 0 Å². The Hall–Kier alpha value is -1.86. The SMILES string of the molecule is CCC[C@@H](CC(=O)O)N(O[Si](C)(C)C(C)(C)C)C(=O)OCc1ccccc1. The highest BCUT2D eigenvalue weighted by molar-refractivity contribution is 6.74. The van der Waals surface area contributed by atoms with Crippen LogP contribution in [-0.4, -0.2) is 36.6 Å². The summed E-state index contributed by atoms with van der Waals surface area (Å²) in [6, 6.07) is 8.81. The van der Waals surface area contributed by atoms with Gasteiger partial charge in [-0.3, -0.25) is 4.79 Å². The summed E-state index contributed by atoms with van der Waals surface area (Å²) in [5.74, 6) is -0.965. The minimum atomic E-state index is -2.35. The first-order valence-electron chi connectivity index (χ1n) is 9.38. The molecule has 1 N–H and O–H groups in total. The Morgan fingerprint density at radius 2 is 1.78 bits per heavy atom. The predicted octanol–water partition coefficient (Wildman–Crippen LogP) is 5.21. The second-order valence-electron chi connectivity index (χ2n) is 8.26. The van der Waals surface area contributed by atoms with E-state index in [4.69, 9.17) is 9.26 Å². The van der Waals surface area contributed by atoms with E-state index in [-0.39, 0.29) is 18.1 Å². The lowest BCUT2D eigenvalue weighted by molar-refractivity contribution is -0.143. The first-order valence-corrected chi connectivity index (χ1v) is 12.3. The monoisotopic (exact) mass is 395 g/mol. The molecule has 0 radical (unpaired) electrons. The van der Waals surface area contributed by atoms with Crippen LogP contribution in [0.3, 0.4) is 0 Å². The molecule has 1 atom stereocenters. The van der Waals surface area contributed by atoms with Gasteiger partial charge >= 0.3 is 12.1 Å². The number of rotatable bonds is 9. The zero-order valence-corrected chi connectivity index (χ0v) is 18.3. The molecule has 0 aromatic heterocycles. The van der Waals surface area contributed by atoms with Gasteiger partial charge in [0.1, 0.15) is 6.61 Å². The lowest BCUT2D eigenvalue weighted by Crippen LogP contribution is -2.52. The smallest absolute Gasteiger partial charge is 0.433 e. The number of carbonyl (C=O) groups excluding carboxylic acids is 1. The molecule has 0 bridgehead atoms. The maximum absolute atomic E-state index is 12.8. The van der Waals surface area contributed by atoms with Crippen molar-refractivity contribution < 1.29 is 24.0 Å². The van der Waals surface area contributed by atoms with Gasteiger partial charge in [0.15, 0.2) is 0 Å². The fourth-order valence-corrected chi connectivity index (χ4v) is 3.25. The lowest BCUT2D eigenvalue weighted by Gasteiger charge is -2.41. The molecular weight excluding hydrogens is 362 g/mol. The molecule has 0 aliphatic carbocycles. The number of benzene rings is 1. The van der Waals surface area contributed by atoms with Crippen LogP contribution in [0, 0.1) is 0 Å². The molecule has 7 heteroatoms. The minimum absolute atomic E-state index is 0.114. The number of amides is 1. The van der Waals surface area contributed by atoms with Crippen LogP contribution in [0.4, 0.5) is 4.79 Å². The van der Waals surface area contributed by atoms with Gasteiger partial charge in [-0.1, -0.05) is 64.4 Å². The Balaban J connectivity index is 3.03. The van der Waals surface area contributed by atoms with Gasteiger partial charge in [0.05, 0.1) is 12.5 Å². The third-order valence-corrected chi connectivity index (χ3v) is 9.15. The van der Waals surface area contributed by atoms with Gasteiger partial charge in [0.25, 0.3) is 0 Å². The Labute approximate surface area is 163 Å². The lowest BCUT2D eigenvalue weighted by atomic mass is 10.1. The highest BCUT2D eigenvalue weighted by atomic mass is 28.4. The van der Waals surface area contributed by atoms with E-state index in [1.807, 2.05) is 50.3 Å². The van der Waals surface area contributed by atoms with E-state index in [9.17, 15) is 14.7 Å². The second kappa shape index (κ2) is 9.89. The number of nitrogens with zero attached hydrogens (tertiary/aromatic N) is 1. The number of ether oxygens (including phenoxy) is 1. The maximum Gasteiger partial charge on any atom is 0.433 e. The average molecular weight is 396 g/mol. The van der Waals surface area contributed by atoms with Gasteiger partial charge in [-0.05, 0) is 30.1 Å². The Bertz CT molecular complexity index is 613. The van der Waals surface area contributed by atoms with E-state index < -0.39 is 26.4 Å². The number of carbonyl (C=O) groups is 2. The van der Waals surface area contributed by atoms with Crippen LogP contribution in [0.2, 0.25) is 18.1 Å². The summed E-state index contributed by atoms with van der Waals surface area (Å²) in [4.78, 5) is 24.2. The fourth-order valence-electron chi connectivity index (χ4n) is 2.26. The standard InChI is InChI=1S/C20H33NO5Si/c1-7-11-17(14-18(22)23)21(26-27(5,6)20(2,3)4)19(24)25-15-16-12-9-8-10-13-16/h8-10,12-13,17H,7,11,14-15H2,1-6H3,(H,22,23)/t17-/m0/s1. The molecule has 1 aromatic rings. The van der Waals surface area contributed by atoms with Crippen molar-refractivity contribution in [3.8, 4) is 0 Å². The van der Waals surface area contributed by atoms with Gasteiger partial charge in [0, 0.05) is 0 Å². The molecule has 1 aromatic carbocycles. The summed E-state index contributed by atoms with van der Waals surface area (Å²) in [7, 11) is -2.35. The molecule has 1 rings (SSSR count). The van der Waals surface area contributed by atoms with E-state index >= 15 is 0 Å². The van der Waals surface area contributed by atoms with Crippen LogP contribution in [0.1, 0.15) is 52.5 Å². The van der Waals surface area contributed by atoms with E-state index in [1.54, 1.807) is 0 Å². The number of carboxylic acid groups (broad SMARTS) is 1. The highest BCUT2D eigenvalue weighted by Gasteiger charge is 2.43. The molecule has 0 saturated heterocycles. The molecule has 27 heavy (non-hydrogen) atoms. The molecule has 152 valence electrons. The number of hydrogen-bond acceptors (Lipinski definition) is 4. The maximum atomic E-state index is 12.8. The first kappa shape index (κ1) is 23.2. The van der Waals surface area contributed by atoms with Gasteiger partial charge in [-0.25, -0.2) is 4.79 Å².